The summed E-state index contributed by atoms with van der Waals surface area (Å²) < 4.78 is 0. The monoisotopic (exact) mass is 667 g/mol. The molecule has 1 radical (unpaired) electrons. The number of hydrogen-bond donors (Lipinski definition) is 0. The van der Waals surface area contributed by atoms with Gasteiger partial charge in [-0.15, -0.1) is 0 Å². The number of hydrogen-bond acceptors (Lipinski definition) is 0. The first kappa shape index (κ1) is 23.7. The molecule has 6 aromatic carbocycles. The van der Waals surface area contributed by atoms with Crippen molar-refractivity contribution in [1.82, 2.24) is 0 Å². The van der Waals surface area contributed by atoms with Crippen molar-refractivity contribution in [3.63, 3.8) is 0 Å². The number of halogens is 2. The molecule has 171 valence electrons. The summed E-state index contributed by atoms with van der Waals surface area (Å²) in [5.41, 5.74) is 10.3. The summed E-state index contributed by atoms with van der Waals surface area (Å²) in [6, 6.07) is 44.2. The zero-order valence-electron chi connectivity index (χ0n) is 19.4. The van der Waals surface area contributed by atoms with E-state index >= 15 is 0 Å². The molecule has 0 heterocycles. The predicted octanol–water partition coefficient (Wildman–Crippen LogP) is 10.3. The van der Waals surface area contributed by atoms with Crippen LogP contribution >= 0.6 is 17.2 Å². The second-order valence-electron chi connectivity index (χ2n) is 8.87. The number of rotatable bonds is 2. The van der Waals surface area contributed by atoms with Crippen LogP contribution in [0.15, 0.2) is 121 Å². The molecule has 0 amide bonds. The third-order valence-corrected chi connectivity index (χ3v) is 6.91. The third kappa shape index (κ3) is 4.34. The molecular formula is C33H21Cl2Hf. The number of fused-ring (bicyclic) bond motifs is 5. The second kappa shape index (κ2) is 10.3. The van der Waals surface area contributed by atoms with Gasteiger partial charge in [0.25, 0.3) is 0 Å². The summed E-state index contributed by atoms with van der Waals surface area (Å²) in [5, 5.41) is 5.16. The summed E-state index contributed by atoms with van der Waals surface area (Å²) in [6.07, 6.45) is 2.34. The summed E-state index contributed by atoms with van der Waals surface area (Å²) >= 11 is -0.972. The third-order valence-electron chi connectivity index (χ3n) is 6.91. The van der Waals surface area contributed by atoms with E-state index in [1.54, 1.807) is 0 Å². The Morgan fingerprint density at radius 2 is 0.833 bits per heavy atom. The molecule has 3 heteroatoms. The van der Waals surface area contributed by atoms with Gasteiger partial charge in [0.2, 0.25) is 0 Å². The van der Waals surface area contributed by atoms with Gasteiger partial charge in [-0.1, -0.05) is 109 Å². The van der Waals surface area contributed by atoms with Crippen LogP contribution in [0.3, 0.4) is 0 Å². The van der Waals surface area contributed by atoms with Gasteiger partial charge in [-0.3, -0.25) is 0 Å². The molecule has 0 bridgehead atoms. The van der Waals surface area contributed by atoms with Crippen molar-refractivity contribution in [1.29, 1.82) is 0 Å². The molecule has 0 nitrogen and oxygen atoms in total. The Morgan fingerprint density at radius 1 is 0.417 bits per heavy atom. The van der Waals surface area contributed by atoms with Crippen LogP contribution < -0.4 is 0 Å². The summed E-state index contributed by atoms with van der Waals surface area (Å²) in [4.78, 5) is 0. The Labute approximate surface area is 230 Å². The van der Waals surface area contributed by atoms with Crippen molar-refractivity contribution in [3.05, 3.63) is 139 Å². The minimum absolute atomic E-state index is 0.972. The van der Waals surface area contributed by atoms with Gasteiger partial charge in [-0.25, -0.2) is 0 Å². The summed E-state index contributed by atoms with van der Waals surface area (Å²) in [7, 11) is 9.92. The molecule has 1 aliphatic carbocycles. The van der Waals surface area contributed by atoms with Crippen LogP contribution in [0.1, 0.15) is 11.1 Å². The van der Waals surface area contributed by atoms with Crippen LogP contribution in [-0.2, 0) is 20.5 Å². The van der Waals surface area contributed by atoms with Crippen LogP contribution in [0, 0.1) is 6.42 Å². The van der Waals surface area contributed by atoms with E-state index in [1.165, 1.54) is 66.1 Å². The fraction of sp³-hybridized carbons (Fsp3) is 0. The SMILES string of the molecule is [CH]1c2cc(-c3cccc4ccccc34)ccc2-c2ccc(-c3cccc4ccccc34)cc21.[Cl][Hf][Cl]. The maximum absolute atomic E-state index is 4.96. The topological polar surface area (TPSA) is 0 Å². The van der Waals surface area contributed by atoms with Gasteiger partial charge >= 0.3 is 37.7 Å². The van der Waals surface area contributed by atoms with Crippen molar-refractivity contribution in [3.8, 4) is 33.4 Å². The maximum atomic E-state index is 4.96. The van der Waals surface area contributed by atoms with Crippen LogP contribution in [0.4, 0.5) is 0 Å². The Hall–Kier alpha value is -2.71. The first-order chi connectivity index (χ1) is 17.8. The molecule has 0 atom stereocenters. The molecule has 0 aromatic heterocycles. The van der Waals surface area contributed by atoms with Gasteiger partial charge < -0.3 is 0 Å². The zero-order chi connectivity index (χ0) is 24.5. The first-order valence-electron chi connectivity index (χ1n) is 11.8. The van der Waals surface area contributed by atoms with Crippen LogP contribution in [0.5, 0.6) is 0 Å². The molecule has 0 N–H and O–H groups in total. The van der Waals surface area contributed by atoms with Crippen molar-refractivity contribution in [2.24, 2.45) is 0 Å². The van der Waals surface area contributed by atoms with E-state index in [0.29, 0.717) is 0 Å². The van der Waals surface area contributed by atoms with Crippen molar-refractivity contribution in [2.75, 3.05) is 0 Å². The Balaban J connectivity index is 0.000000765. The molecule has 0 fully saturated rings. The average molecular weight is 667 g/mol. The van der Waals surface area contributed by atoms with Crippen molar-refractivity contribution >= 4 is 38.7 Å². The Kier molecular flexibility index (Phi) is 6.80. The van der Waals surface area contributed by atoms with Gasteiger partial charge in [0.15, 0.2) is 0 Å². The first-order valence-corrected chi connectivity index (χ1v) is 20.7. The van der Waals surface area contributed by atoms with Gasteiger partial charge in [0.05, 0.1) is 0 Å². The van der Waals surface area contributed by atoms with E-state index in [1.807, 2.05) is 0 Å². The van der Waals surface area contributed by atoms with Crippen molar-refractivity contribution in [2.45, 2.75) is 0 Å². The van der Waals surface area contributed by atoms with E-state index in [2.05, 4.69) is 128 Å². The van der Waals surface area contributed by atoms with Gasteiger partial charge in [-0.05, 0) is 78.2 Å². The molecule has 0 unspecified atom stereocenters. The molecule has 0 saturated carbocycles. The number of benzene rings is 6. The Bertz CT molecular complexity index is 1580. The second-order valence-corrected chi connectivity index (χ2v) is 14.1. The fourth-order valence-corrected chi connectivity index (χ4v) is 5.31. The zero-order valence-corrected chi connectivity index (χ0v) is 24.5. The van der Waals surface area contributed by atoms with E-state index in [4.69, 9.17) is 17.2 Å². The molecule has 0 saturated heterocycles. The molecule has 0 spiro atoms. The Morgan fingerprint density at radius 3 is 1.31 bits per heavy atom. The normalized spacial score (nSPS) is 11.5. The van der Waals surface area contributed by atoms with E-state index in [9.17, 15) is 0 Å². The molecular weight excluding hydrogens is 646 g/mol. The summed E-state index contributed by atoms with van der Waals surface area (Å²) in [6.45, 7) is 0. The minimum atomic E-state index is -0.972. The molecule has 1 aliphatic rings. The van der Waals surface area contributed by atoms with Crippen molar-refractivity contribution < 1.29 is 20.5 Å². The average Bonchev–Trinajstić information content (AvgIpc) is 3.30. The predicted molar refractivity (Wildman–Crippen MR) is 152 cm³/mol. The fourth-order valence-electron chi connectivity index (χ4n) is 5.31. The molecule has 0 aliphatic heterocycles. The molecule has 6 aromatic rings. The standard InChI is InChI=1S/C33H21.2ClH.Hf/c1-3-11-28-22(7-1)9-5-13-30(28)24-15-17-32-26(19-24)21-27-20-25(16-18-33(27)32)31-14-6-10-23-8-2-4-12-29(23)31;;;/h1-21H;2*1H;/q;;;+2/p-2. The van der Waals surface area contributed by atoms with Crippen LogP contribution in [-0.4, -0.2) is 0 Å². The van der Waals surface area contributed by atoms with Gasteiger partial charge in [-0.2, -0.15) is 0 Å². The van der Waals surface area contributed by atoms with Gasteiger partial charge in [0, 0.05) is 6.42 Å². The quantitative estimate of drug-likeness (QED) is 0.161. The molecule has 7 rings (SSSR count). The molecule has 36 heavy (non-hydrogen) atoms. The van der Waals surface area contributed by atoms with Crippen LogP contribution in [0.2, 0.25) is 0 Å². The summed E-state index contributed by atoms with van der Waals surface area (Å²) in [5.74, 6) is 0. The van der Waals surface area contributed by atoms with E-state index in [0.717, 1.165) is 0 Å². The van der Waals surface area contributed by atoms with Gasteiger partial charge in [0.1, 0.15) is 0 Å². The van der Waals surface area contributed by atoms with E-state index < -0.39 is 20.5 Å². The van der Waals surface area contributed by atoms with Crippen LogP contribution in [0.25, 0.3) is 54.9 Å². The van der Waals surface area contributed by atoms with E-state index in [-0.39, 0.29) is 0 Å².